The second-order valence-corrected chi connectivity index (χ2v) is 6.55. The van der Waals surface area contributed by atoms with Gasteiger partial charge in [0.2, 0.25) is 11.8 Å². The summed E-state index contributed by atoms with van der Waals surface area (Å²) in [4.78, 5) is 30.3. The number of unbranched alkanes of at least 4 members (excludes halogenated alkanes) is 2. The average molecular weight is 324 g/mol. The van der Waals surface area contributed by atoms with Gasteiger partial charge in [-0.25, -0.2) is 4.98 Å². The third-order valence-electron chi connectivity index (χ3n) is 3.58. The van der Waals surface area contributed by atoms with E-state index < -0.39 is 0 Å². The van der Waals surface area contributed by atoms with Gasteiger partial charge in [-0.1, -0.05) is 6.42 Å². The number of thiazole rings is 1. The molecule has 2 rings (SSSR count). The fraction of sp³-hybridized carbons (Fsp3) is 0.667. The molecule has 7 heteroatoms. The summed E-state index contributed by atoms with van der Waals surface area (Å²) in [5.41, 5.74) is 6.34. The van der Waals surface area contributed by atoms with Crippen LogP contribution in [0.3, 0.4) is 0 Å². The molecule has 0 radical (unpaired) electrons. The quantitative estimate of drug-likeness (QED) is 0.679. The molecule has 6 nitrogen and oxygen atoms in total. The first kappa shape index (κ1) is 16.9. The number of aromatic nitrogens is 1. The largest absolute Gasteiger partial charge is 0.330 e. The number of nitrogens with zero attached hydrogens (tertiary/aromatic N) is 2. The van der Waals surface area contributed by atoms with Crippen molar-refractivity contribution in [3.63, 3.8) is 0 Å². The zero-order valence-corrected chi connectivity index (χ0v) is 13.8. The first-order chi connectivity index (χ1) is 10.6. The highest BCUT2D eigenvalue weighted by atomic mass is 32.1. The molecule has 0 aliphatic heterocycles. The van der Waals surface area contributed by atoms with E-state index in [2.05, 4.69) is 10.3 Å². The van der Waals surface area contributed by atoms with E-state index in [1.165, 1.54) is 11.3 Å². The van der Waals surface area contributed by atoms with E-state index in [1.807, 2.05) is 12.3 Å². The second-order valence-electron chi connectivity index (χ2n) is 5.69. The summed E-state index contributed by atoms with van der Waals surface area (Å²) in [5, 5.41) is 5.24. The van der Waals surface area contributed by atoms with E-state index in [4.69, 9.17) is 5.73 Å². The third kappa shape index (κ3) is 5.38. The number of nitrogens with two attached hydrogens (primary N) is 1. The van der Waals surface area contributed by atoms with Crippen LogP contribution >= 0.6 is 11.3 Å². The van der Waals surface area contributed by atoms with Crippen LogP contribution in [-0.4, -0.2) is 40.8 Å². The first-order valence-corrected chi connectivity index (χ1v) is 8.69. The zero-order chi connectivity index (χ0) is 15.9. The summed E-state index contributed by atoms with van der Waals surface area (Å²) in [6.07, 6.45) is 5.25. The summed E-state index contributed by atoms with van der Waals surface area (Å²) in [6.45, 7) is 2.67. The summed E-state index contributed by atoms with van der Waals surface area (Å²) < 4.78 is 0. The lowest BCUT2D eigenvalue weighted by Crippen LogP contribution is -2.39. The molecule has 0 aromatic carbocycles. The second kappa shape index (κ2) is 8.24. The van der Waals surface area contributed by atoms with Crippen molar-refractivity contribution < 1.29 is 9.59 Å². The highest BCUT2D eigenvalue weighted by Gasteiger charge is 2.33. The van der Waals surface area contributed by atoms with Crippen LogP contribution in [0.25, 0.3) is 0 Å². The first-order valence-electron chi connectivity index (χ1n) is 7.81. The molecule has 1 aliphatic carbocycles. The number of carbonyl (C=O) groups excluding carboxylic acids is 2. The van der Waals surface area contributed by atoms with Gasteiger partial charge in [0, 0.05) is 17.8 Å². The van der Waals surface area contributed by atoms with E-state index in [0.717, 1.165) is 37.8 Å². The number of hydrogen-bond donors (Lipinski definition) is 2. The number of rotatable bonds is 9. The molecule has 22 heavy (non-hydrogen) atoms. The van der Waals surface area contributed by atoms with E-state index in [1.54, 1.807) is 4.90 Å². The number of aryl methyl sites for hydroxylation is 1. The maximum atomic E-state index is 12.3. The molecule has 0 spiro atoms. The van der Waals surface area contributed by atoms with Crippen molar-refractivity contribution in [2.45, 2.75) is 51.5 Å². The monoisotopic (exact) mass is 324 g/mol. The lowest BCUT2D eigenvalue weighted by atomic mass is 10.2. The van der Waals surface area contributed by atoms with Crippen molar-refractivity contribution >= 4 is 28.3 Å². The van der Waals surface area contributed by atoms with Crippen LogP contribution in [0, 0.1) is 6.92 Å². The Morgan fingerprint density at radius 2 is 2.18 bits per heavy atom. The molecule has 0 unspecified atom stereocenters. The Hall–Kier alpha value is -1.47. The molecule has 0 saturated heterocycles. The lowest BCUT2D eigenvalue weighted by molar-refractivity contribution is -0.135. The Labute approximate surface area is 135 Å². The summed E-state index contributed by atoms with van der Waals surface area (Å²) in [7, 11) is 0. The smallest absolute Gasteiger partial charge is 0.245 e. The minimum absolute atomic E-state index is 0.0741. The van der Waals surface area contributed by atoms with Crippen LogP contribution < -0.4 is 11.1 Å². The maximum Gasteiger partial charge on any atom is 0.245 e. The highest BCUT2D eigenvalue weighted by molar-refractivity contribution is 7.13. The van der Waals surface area contributed by atoms with E-state index >= 15 is 0 Å². The molecule has 1 fully saturated rings. The summed E-state index contributed by atoms with van der Waals surface area (Å²) in [5.74, 6) is -0.0958. The van der Waals surface area contributed by atoms with Crippen LogP contribution in [0.2, 0.25) is 0 Å². The Morgan fingerprint density at radius 1 is 1.41 bits per heavy atom. The van der Waals surface area contributed by atoms with Crippen molar-refractivity contribution in [2.24, 2.45) is 5.73 Å². The minimum Gasteiger partial charge on any atom is -0.330 e. The molecule has 122 valence electrons. The predicted molar refractivity (Wildman–Crippen MR) is 87.7 cm³/mol. The fourth-order valence-corrected chi connectivity index (χ4v) is 2.98. The highest BCUT2D eigenvalue weighted by Crippen LogP contribution is 2.27. The lowest BCUT2D eigenvalue weighted by Gasteiger charge is -2.21. The molecule has 1 saturated carbocycles. The van der Waals surface area contributed by atoms with Crippen LogP contribution in [-0.2, 0) is 9.59 Å². The molecule has 1 aromatic heterocycles. The van der Waals surface area contributed by atoms with Crippen molar-refractivity contribution in [2.75, 3.05) is 18.4 Å². The molecule has 0 atom stereocenters. The van der Waals surface area contributed by atoms with Gasteiger partial charge in [0.05, 0.1) is 5.69 Å². The van der Waals surface area contributed by atoms with Crippen molar-refractivity contribution in [1.29, 1.82) is 0 Å². The summed E-state index contributed by atoms with van der Waals surface area (Å²) in [6, 6.07) is 0.241. The average Bonchev–Trinajstić information content (AvgIpc) is 3.24. The van der Waals surface area contributed by atoms with Crippen molar-refractivity contribution in [3.05, 3.63) is 11.1 Å². The minimum atomic E-state index is -0.170. The molecule has 0 bridgehead atoms. The molecule has 1 heterocycles. The Morgan fingerprint density at radius 3 is 2.77 bits per heavy atom. The molecule has 3 N–H and O–H groups in total. The Balaban J connectivity index is 1.80. The van der Waals surface area contributed by atoms with Gasteiger partial charge >= 0.3 is 0 Å². The van der Waals surface area contributed by atoms with Crippen LogP contribution in [0.4, 0.5) is 5.13 Å². The molecule has 1 aliphatic rings. The Kier molecular flexibility index (Phi) is 6.33. The van der Waals surface area contributed by atoms with Gasteiger partial charge < -0.3 is 16.0 Å². The molecule has 2 amide bonds. The standard InChI is InChI=1S/C15H24N4O2S/c1-11-10-22-15(17-11)18-13(20)9-19(12-6-7-12)14(21)5-3-2-4-8-16/h10,12H,2-9,16H2,1H3,(H,17,18,20). The maximum absolute atomic E-state index is 12.3. The topological polar surface area (TPSA) is 88.3 Å². The van der Waals surface area contributed by atoms with E-state index in [-0.39, 0.29) is 24.4 Å². The van der Waals surface area contributed by atoms with Gasteiger partial charge in [-0.2, -0.15) is 0 Å². The predicted octanol–water partition coefficient (Wildman–Crippen LogP) is 1.90. The number of carbonyl (C=O) groups is 2. The number of amides is 2. The van der Waals surface area contributed by atoms with Crippen LogP contribution in [0.5, 0.6) is 0 Å². The number of anilines is 1. The van der Waals surface area contributed by atoms with Gasteiger partial charge in [-0.05, 0) is 39.2 Å². The summed E-state index contributed by atoms with van der Waals surface area (Å²) >= 11 is 1.40. The van der Waals surface area contributed by atoms with Gasteiger partial charge in [-0.3, -0.25) is 9.59 Å². The van der Waals surface area contributed by atoms with Gasteiger partial charge in [0.1, 0.15) is 6.54 Å². The molecular formula is C15H24N4O2S. The number of hydrogen-bond acceptors (Lipinski definition) is 5. The fourth-order valence-electron chi connectivity index (χ4n) is 2.27. The van der Waals surface area contributed by atoms with Gasteiger partial charge in [0.25, 0.3) is 0 Å². The van der Waals surface area contributed by atoms with Crippen LogP contribution in [0.1, 0.15) is 44.2 Å². The SMILES string of the molecule is Cc1csc(NC(=O)CN(C(=O)CCCCCN)C2CC2)n1. The molecular weight excluding hydrogens is 300 g/mol. The van der Waals surface area contributed by atoms with Crippen molar-refractivity contribution in [1.82, 2.24) is 9.88 Å². The van der Waals surface area contributed by atoms with Crippen molar-refractivity contribution in [3.8, 4) is 0 Å². The van der Waals surface area contributed by atoms with Gasteiger partial charge in [0.15, 0.2) is 5.13 Å². The molecule has 1 aromatic rings. The number of nitrogens with one attached hydrogen (secondary N) is 1. The normalized spacial score (nSPS) is 13.9. The van der Waals surface area contributed by atoms with Crippen LogP contribution in [0.15, 0.2) is 5.38 Å². The van der Waals surface area contributed by atoms with E-state index in [0.29, 0.717) is 18.1 Å². The van der Waals surface area contributed by atoms with E-state index in [9.17, 15) is 9.59 Å². The zero-order valence-electron chi connectivity index (χ0n) is 13.0. The third-order valence-corrected chi connectivity index (χ3v) is 4.46. The van der Waals surface area contributed by atoms with Gasteiger partial charge in [-0.15, -0.1) is 11.3 Å². The Bertz CT molecular complexity index is 513.